The summed E-state index contributed by atoms with van der Waals surface area (Å²) in [5.41, 5.74) is 0.966. The van der Waals surface area contributed by atoms with Crippen LogP contribution in [0.5, 0.6) is 0 Å². The van der Waals surface area contributed by atoms with Crippen molar-refractivity contribution in [2.45, 2.75) is 6.54 Å². The molecule has 0 aliphatic carbocycles. The lowest BCUT2D eigenvalue weighted by Gasteiger charge is -2.12. The SMILES string of the molecule is O=C1CS/C(=N\N=C/c2ccccc2)N1Cc1ccco1. The average Bonchev–Trinajstić information content (AvgIpc) is 3.13. The third-order valence-corrected chi connectivity index (χ3v) is 3.85. The van der Waals surface area contributed by atoms with Gasteiger partial charge >= 0.3 is 0 Å². The van der Waals surface area contributed by atoms with Crippen molar-refractivity contribution in [1.29, 1.82) is 0 Å². The Morgan fingerprint density at radius 3 is 2.86 bits per heavy atom. The molecular weight excluding hydrogens is 286 g/mol. The van der Waals surface area contributed by atoms with E-state index in [1.54, 1.807) is 23.4 Å². The van der Waals surface area contributed by atoms with Crippen LogP contribution in [0, 0.1) is 0 Å². The topological polar surface area (TPSA) is 58.2 Å². The Morgan fingerprint density at radius 1 is 1.24 bits per heavy atom. The number of carbonyl (C=O) groups is 1. The van der Waals surface area contributed by atoms with Gasteiger partial charge in [-0.1, -0.05) is 42.1 Å². The van der Waals surface area contributed by atoms with Gasteiger partial charge in [0.2, 0.25) is 5.91 Å². The summed E-state index contributed by atoms with van der Waals surface area (Å²) in [5.74, 6) is 1.14. The summed E-state index contributed by atoms with van der Waals surface area (Å²) in [7, 11) is 0. The zero-order valence-electron chi connectivity index (χ0n) is 11.2. The average molecular weight is 299 g/mol. The summed E-state index contributed by atoms with van der Waals surface area (Å²) in [6.07, 6.45) is 3.26. The van der Waals surface area contributed by atoms with Crippen molar-refractivity contribution in [1.82, 2.24) is 4.90 Å². The lowest BCUT2D eigenvalue weighted by Crippen LogP contribution is -2.28. The molecule has 106 valence electrons. The van der Waals surface area contributed by atoms with Crippen LogP contribution in [0.3, 0.4) is 0 Å². The Balaban J connectivity index is 1.72. The highest BCUT2D eigenvalue weighted by Gasteiger charge is 2.29. The van der Waals surface area contributed by atoms with Gasteiger partial charge in [-0.3, -0.25) is 9.69 Å². The van der Waals surface area contributed by atoms with E-state index in [2.05, 4.69) is 10.2 Å². The monoisotopic (exact) mass is 299 g/mol. The van der Waals surface area contributed by atoms with E-state index in [1.165, 1.54) is 11.8 Å². The number of carbonyl (C=O) groups excluding carboxylic acids is 1. The molecule has 0 bridgehead atoms. The predicted molar refractivity (Wildman–Crippen MR) is 83.2 cm³/mol. The molecule has 6 heteroatoms. The second kappa shape index (κ2) is 6.41. The van der Waals surface area contributed by atoms with Gasteiger partial charge in [0.1, 0.15) is 5.76 Å². The van der Waals surface area contributed by atoms with E-state index in [9.17, 15) is 4.79 Å². The lowest BCUT2D eigenvalue weighted by atomic mass is 10.2. The maximum Gasteiger partial charge on any atom is 0.239 e. The first kappa shape index (κ1) is 13.6. The number of amides is 1. The molecule has 1 aromatic heterocycles. The minimum Gasteiger partial charge on any atom is -0.467 e. The molecule has 0 N–H and O–H groups in total. The Hall–Kier alpha value is -2.34. The van der Waals surface area contributed by atoms with Gasteiger partial charge in [-0.05, 0) is 17.7 Å². The van der Waals surface area contributed by atoms with Gasteiger partial charge in [0, 0.05) is 0 Å². The van der Waals surface area contributed by atoms with E-state index in [4.69, 9.17) is 4.42 Å². The number of nitrogens with zero attached hydrogens (tertiary/aromatic N) is 3. The molecule has 0 radical (unpaired) electrons. The largest absolute Gasteiger partial charge is 0.467 e. The van der Waals surface area contributed by atoms with Gasteiger partial charge in [0.05, 0.1) is 24.8 Å². The van der Waals surface area contributed by atoms with Gasteiger partial charge in [0.25, 0.3) is 0 Å². The molecule has 1 aliphatic heterocycles. The predicted octanol–water partition coefficient (Wildman–Crippen LogP) is 2.75. The summed E-state index contributed by atoms with van der Waals surface area (Å²) in [6, 6.07) is 13.3. The van der Waals surface area contributed by atoms with E-state index in [-0.39, 0.29) is 5.91 Å². The first-order chi connectivity index (χ1) is 10.3. The summed E-state index contributed by atoms with van der Waals surface area (Å²) in [4.78, 5) is 13.5. The number of amidine groups is 1. The van der Waals surface area contributed by atoms with Crippen molar-refractivity contribution in [3.63, 3.8) is 0 Å². The number of thioether (sulfide) groups is 1. The van der Waals surface area contributed by atoms with Crippen LogP contribution in [0.25, 0.3) is 0 Å². The van der Waals surface area contributed by atoms with Crippen LogP contribution in [-0.4, -0.2) is 27.9 Å². The van der Waals surface area contributed by atoms with Crippen LogP contribution in [-0.2, 0) is 11.3 Å². The number of hydrogen-bond acceptors (Lipinski definition) is 5. The standard InChI is InChI=1S/C15H13N3O2S/c19-14-11-21-15(18(14)10-13-7-4-8-20-13)17-16-9-12-5-2-1-3-6-12/h1-9H,10-11H2/b16-9-,17-15-. The van der Waals surface area contributed by atoms with Crippen molar-refractivity contribution in [3.8, 4) is 0 Å². The zero-order chi connectivity index (χ0) is 14.5. The van der Waals surface area contributed by atoms with Crippen LogP contribution in [0.2, 0.25) is 0 Å². The first-order valence-electron chi connectivity index (χ1n) is 6.44. The van der Waals surface area contributed by atoms with Crippen LogP contribution >= 0.6 is 11.8 Å². The normalized spacial score (nSPS) is 17.2. The number of hydrogen-bond donors (Lipinski definition) is 0. The summed E-state index contributed by atoms with van der Waals surface area (Å²) in [6.45, 7) is 0.387. The van der Waals surface area contributed by atoms with Crippen molar-refractivity contribution < 1.29 is 9.21 Å². The van der Waals surface area contributed by atoms with Crippen molar-refractivity contribution in [2.75, 3.05) is 5.75 Å². The molecule has 1 fully saturated rings. The number of benzene rings is 1. The molecular formula is C15H13N3O2S. The van der Waals surface area contributed by atoms with Gasteiger partial charge < -0.3 is 4.42 Å². The Kier molecular flexibility index (Phi) is 4.16. The third-order valence-electron chi connectivity index (χ3n) is 2.90. The smallest absolute Gasteiger partial charge is 0.239 e. The van der Waals surface area contributed by atoms with Gasteiger partial charge in [-0.15, -0.1) is 5.10 Å². The quantitative estimate of drug-likeness (QED) is 0.644. The lowest BCUT2D eigenvalue weighted by molar-refractivity contribution is -0.124. The Labute approximate surface area is 126 Å². The van der Waals surface area contributed by atoms with E-state index < -0.39 is 0 Å². The molecule has 0 spiro atoms. The molecule has 0 atom stereocenters. The van der Waals surface area contributed by atoms with E-state index >= 15 is 0 Å². The summed E-state index contributed by atoms with van der Waals surface area (Å²) < 4.78 is 5.27. The van der Waals surface area contributed by atoms with Crippen molar-refractivity contribution in [2.24, 2.45) is 10.2 Å². The number of rotatable bonds is 4. The van der Waals surface area contributed by atoms with Crippen molar-refractivity contribution >= 4 is 29.1 Å². The Morgan fingerprint density at radius 2 is 2.10 bits per heavy atom. The fourth-order valence-corrected chi connectivity index (χ4v) is 2.71. The molecule has 1 aliphatic rings. The molecule has 5 nitrogen and oxygen atoms in total. The molecule has 2 heterocycles. The second-order valence-corrected chi connectivity index (χ2v) is 5.33. The molecule has 0 unspecified atom stereocenters. The maximum atomic E-state index is 11.9. The highest BCUT2D eigenvalue weighted by atomic mass is 32.2. The van der Waals surface area contributed by atoms with Gasteiger partial charge in [-0.25, -0.2) is 0 Å². The maximum absolute atomic E-state index is 11.9. The molecule has 1 amide bonds. The molecule has 21 heavy (non-hydrogen) atoms. The van der Waals surface area contributed by atoms with E-state index in [1.807, 2.05) is 36.4 Å². The van der Waals surface area contributed by atoms with Gasteiger partial charge in [-0.2, -0.15) is 5.10 Å². The fourth-order valence-electron chi connectivity index (χ4n) is 1.87. The van der Waals surface area contributed by atoms with E-state index in [0.717, 1.165) is 11.3 Å². The number of furan rings is 1. The second-order valence-electron chi connectivity index (χ2n) is 4.39. The highest BCUT2D eigenvalue weighted by molar-refractivity contribution is 8.15. The summed E-state index contributed by atoms with van der Waals surface area (Å²) >= 11 is 1.39. The minimum atomic E-state index is 0.0186. The highest BCUT2D eigenvalue weighted by Crippen LogP contribution is 2.22. The minimum absolute atomic E-state index is 0.0186. The molecule has 2 aromatic rings. The van der Waals surface area contributed by atoms with Crippen LogP contribution in [0.4, 0.5) is 0 Å². The third kappa shape index (κ3) is 3.41. The first-order valence-corrected chi connectivity index (χ1v) is 7.43. The molecule has 1 aromatic carbocycles. The van der Waals surface area contributed by atoms with Crippen LogP contribution in [0.15, 0.2) is 63.3 Å². The molecule has 1 saturated heterocycles. The molecule has 3 rings (SSSR count). The van der Waals surface area contributed by atoms with Crippen molar-refractivity contribution in [3.05, 3.63) is 60.1 Å². The Bertz CT molecular complexity index is 665. The van der Waals surface area contributed by atoms with E-state index in [0.29, 0.717) is 17.5 Å². The van der Waals surface area contributed by atoms with Crippen LogP contribution < -0.4 is 0 Å². The van der Waals surface area contributed by atoms with Crippen LogP contribution in [0.1, 0.15) is 11.3 Å². The fraction of sp³-hybridized carbons (Fsp3) is 0.133. The zero-order valence-corrected chi connectivity index (χ0v) is 12.0. The van der Waals surface area contributed by atoms with Gasteiger partial charge in [0.15, 0.2) is 5.17 Å². The molecule has 0 saturated carbocycles. The summed E-state index contributed by atoms with van der Waals surface area (Å²) in [5, 5.41) is 8.80.